The Morgan fingerprint density at radius 1 is 1.25 bits per heavy atom. The Morgan fingerprint density at radius 3 is 2.68 bits per heavy atom. The normalized spacial score (nSPS) is 13.0. The molecule has 150 valence electrons. The highest BCUT2D eigenvalue weighted by molar-refractivity contribution is 5.93. The molecule has 1 atom stereocenters. The summed E-state index contributed by atoms with van der Waals surface area (Å²) in [5, 5.41) is 8.38. The van der Waals surface area contributed by atoms with Gasteiger partial charge in [-0.2, -0.15) is 18.3 Å². The standard InChI is InChI=1S/C19H20F4N4O/c1-11(24)9-25-18-14-7-6-12(8-16(14)27(2)26-18)13-4-3-5-15(20)17(13)28-10-19(21,22)23/h3-8,11H,9-10,24H2,1-2H3,(H,25,26). The molecule has 28 heavy (non-hydrogen) atoms. The summed E-state index contributed by atoms with van der Waals surface area (Å²) in [6.45, 7) is 0.829. The molecule has 5 nitrogen and oxygen atoms in total. The minimum Gasteiger partial charge on any atom is -0.480 e. The second-order valence-corrected chi connectivity index (χ2v) is 6.58. The number of aromatic nitrogens is 2. The average molecular weight is 396 g/mol. The van der Waals surface area contributed by atoms with Gasteiger partial charge in [-0.05, 0) is 30.7 Å². The molecule has 9 heteroatoms. The summed E-state index contributed by atoms with van der Waals surface area (Å²) in [6, 6.07) is 9.14. The lowest BCUT2D eigenvalue weighted by Crippen LogP contribution is -2.25. The number of nitrogens with zero attached hydrogens (tertiary/aromatic N) is 2. The lowest BCUT2D eigenvalue weighted by Gasteiger charge is -2.14. The van der Waals surface area contributed by atoms with E-state index in [2.05, 4.69) is 10.4 Å². The van der Waals surface area contributed by atoms with Gasteiger partial charge in [0, 0.05) is 30.6 Å². The van der Waals surface area contributed by atoms with E-state index >= 15 is 0 Å². The number of rotatable bonds is 6. The highest BCUT2D eigenvalue weighted by Crippen LogP contribution is 2.36. The Morgan fingerprint density at radius 2 is 2.00 bits per heavy atom. The van der Waals surface area contributed by atoms with Crippen LogP contribution in [-0.2, 0) is 7.05 Å². The molecule has 1 unspecified atom stereocenters. The van der Waals surface area contributed by atoms with Gasteiger partial charge in [0.25, 0.3) is 0 Å². The second-order valence-electron chi connectivity index (χ2n) is 6.58. The van der Waals surface area contributed by atoms with E-state index in [1.165, 1.54) is 12.1 Å². The third-order valence-electron chi connectivity index (χ3n) is 4.10. The number of aryl methyl sites for hydroxylation is 1. The van der Waals surface area contributed by atoms with Crippen LogP contribution in [0, 0.1) is 5.82 Å². The molecular formula is C19H20F4N4O. The molecule has 0 saturated heterocycles. The first-order chi connectivity index (χ1) is 13.2. The Kier molecular flexibility index (Phi) is 5.46. The summed E-state index contributed by atoms with van der Waals surface area (Å²) in [5.74, 6) is -0.642. The predicted octanol–water partition coefficient (Wildman–Crippen LogP) is 4.08. The van der Waals surface area contributed by atoms with Crippen LogP contribution in [0.5, 0.6) is 5.75 Å². The highest BCUT2D eigenvalue weighted by atomic mass is 19.4. The van der Waals surface area contributed by atoms with Crippen molar-refractivity contribution in [2.45, 2.75) is 19.1 Å². The summed E-state index contributed by atoms with van der Waals surface area (Å²) in [5.41, 5.74) is 7.24. The van der Waals surface area contributed by atoms with Gasteiger partial charge in [-0.15, -0.1) is 0 Å². The van der Waals surface area contributed by atoms with Crippen LogP contribution in [0.1, 0.15) is 6.92 Å². The first-order valence-electron chi connectivity index (χ1n) is 8.60. The topological polar surface area (TPSA) is 65.1 Å². The van der Waals surface area contributed by atoms with Crippen LogP contribution < -0.4 is 15.8 Å². The number of alkyl halides is 3. The van der Waals surface area contributed by atoms with E-state index in [0.29, 0.717) is 17.9 Å². The number of hydrogen-bond donors (Lipinski definition) is 2. The van der Waals surface area contributed by atoms with Crippen LogP contribution in [0.2, 0.25) is 0 Å². The van der Waals surface area contributed by atoms with Gasteiger partial charge >= 0.3 is 6.18 Å². The van der Waals surface area contributed by atoms with Crippen molar-refractivity contribution in [2.75, 3.05) is 18.5 Å². The Bertz CT molecular complexity index is 982. The summed E-state index contributed by atoms with van der Waals surface area (Å²) >= 11 is 0. The number of para-hydroxylation sites is 1. The van der Waals surface area contributed by atoms with Crippen molar-refractivity contribution in [3.63, 3.8) is 0 Å². The van der Waals surface area contributed by atoms with Gasteiger partial charge in [-0.1, -0.05) is 18.2 Å². The first-order valence-corrected chi connectivity index (χ1v) is 8.60. The minimum atomic E-state index is -4.56. The van der Waals surface area contributed by atoms with Crippen molar-refractivity contribution in [1.82, 2.24) is 9.78 Å². The van der Waals surface area contributed by atoms with Crippen molar-refractivity contribution in [1.29, 1.82) is 0 Å². The lowest BCUT2D eigenvalue weighted by molar-refractivity contribution is -0.153. The van der Waals surface area contributed by atoms with Crippen molar-refractivity contribution in [2.24, 2.45) is 12.8 Å². The number of fused-ring (bicyclic) bond motifs is 1. The van der Waals surface area contributed by atoms with E-state index in [1.54, 1.807) is 29.9 Å². The fraction of sp³-hybridized carbons (Fsp3) is 0.316. The Hall–Kier alpha value is -2.81. The van der Waals surface area contributed by atoms with Crippen LogP contribution >= 0.6 is 0 Å². The number of nitrogens with one attached hydrogen (secondary N) is 1. The predicted molar refractivity (Wildman–Crippen MR) is 99.8 cm³/mol. The molecule has 0 radical (unpaired) electrons. The highest BCUT2D eigenvalue weighted by Gasteiger charge is 2.29. The van der Waals surface area contributed by atoms with Gasteiger partial charge in [0.15, 0.2) is 24.0 Å². The Balaban J connectivity index is 2.00. The fourth-order valence-electron chi connectivity index (χ4n) is 2.85. The van der Waals surface area contributed by atoms with Gasteiger partial charge in [-0.3, -0.25) is 4.68 Å². The van der Waals surface area contributed by atoms with Crippen LogP contribution in [-0.4, -0.2) is 35.2 Å². The number of benzene rings is 2. The zero-order valence-corrected chi connectivity index (χ0v) is 15.3. The number of nitrogens with two attached hydrogens (primary N) is 1. The third-order valence-corrected chi connectivity index (χ3v) is 4.10. The maximum Gasteiger partial charge on any atom is 0.422 e. The van der Waals surface area contributed by atoms with E-state index in [4.69, 9.17) is 10.5 Å². The van der Waals surface area contributed by atoms with Gasteiger partial charge in [0.05, 0.1) is 5.52 Å². The molecule has 0 fully saturated rings. The number of anilines is 1. The summed E-state index contributed by atoms with van der Waals surface area (Å²) < 4.78 is 58.1. The van der Waals surface area contributed by atoms with E-state index in [1.807, 2.05) is 6.92 Å². The van der Waals surface area contributed by atoms with Gasteiger partial charge in [0.2, 0.25) is 0 Å². The SMILES string of the molecule is CC(N)CNc1nn(C)c2cc(-c3cccc(F)c3OCC(F)(F)F)ccc12. The molecule has 0 bridgehead atoms. The summed E-state index contributed by atoms with van der Waals surface area (Å²) in [7, 11) is 1.75. The van der Waals surface area contributed by atoms with Crippen LogP contribution in [0.3, 0.4) is 0 Å². The molecule has 0 aliphatic rings. The molecular weight excluding hydrogens is 376 g/mol. The van der Waals surface area contributed by atoms with Crippen molar-refractivity contribution in [3.8, 4) is 16.9 Å². The van der Waals surface area contributed by atoms with E-state index in [-0.39, 0.29) is 11.6 Å². The van der Waals surface area contributed by atoms with Crippen molar-refractivity contribution >= 4 is 16.7 Å². The average Bonchev–Trinajstić information content (AvgIpc) is 2.93. The monoisotopic (exact) mass is 396 g/mol. The molecule has 0 aliphatic heterocycles. The molecule has 3 rings (SSSR count). The maximum atomic E-state index is 14.2. The molecule has 3 N–H and O–H groups in total. The number of hydrogen-bond acceptors (Lipinski definition) is 4. The summed E-state index contributed by atoms with van der Waals surface area (Å²) in [4.78, 5) is 0. The molecule has 0 saturated carbocycles. The Labute approximate surface area is 159 Å². The van der Waals surface area contributed by atoms with Gasteiger partial charge in [0.1, 0.15) is 0 Å². The molecule has 1 aromatic heterocycles. The molecule has 2 aromatic carbocycles. The zero-order valence-electron chi connectivity index (χ0n) is 15.3. The third kappa shape index (κ3) is 4.36. The van der Waals surface area contributed by atoms with Crippen LogP contribution in [0.25, 0.3) is 22.0 Å². The van der Waals surface area contributed by atoms with E-state index < -0.39 is 24.3 Å². The van der Waals surface area contributed by atoms with Crippen molar-refractivity contribution < 1.29 is 22.3 Å². The number of halogens is 4. The molecule has 1 heterocycles. The lowest BCUT2D eigenvalue weighted by atomic mass is 10.0. The van der Waals surface area contributed by atoms with Crippen LogP contribution in [0.4, 0.5) is 23.4 Å². The number of ether oxygens (including phenoxy) is 1. The second kappa shape index (κ2) is 7.67. The van der Waals surface area contributed by atoms with Crippen LogP contribution in [0.15, 0.2) is 36.4 Å². The maximum absolute atomic E-state index is 14.2. The first kappa shape index (κ1) is 19.9. The quantitative estimate of drug-likeness (QED) is 0.617. The van der Waals surface area contributed by atoms with Gasteiger partial charge in [-0.25, -0.2) is 4.39 Å². The smallest absolute Gasteiger partial charge is 0.422 e. The molecule has 0 spiro atoms. The fourth-order valence-corrected chi connectivity index (χ4v) is 2.85. The largest absolute Gasteiger partial charge is 0.480 e. The van der Waals surface area contributed by atoms with Gasteiger partial charge < -0.3 is 15.8 Å². The van der Waals surface area contributed by atoms with E-state index in [0.717, 1.165) is 17.0 Å². The minimum absolute atomic E-state index is 0.0584. The molecule has 0 amide bonds. The summed E-state index contributed by atoms with van der Waals surface area (Å²) in [6.07, 6.45) is -4.56. The van der Waals surface area contributed by atoms with Crippen molar-refractivity contribution in [3.05, 3.63) is 42.2 Å². The zero-order chi connectivity index (χ0) is 20.5. The molecule has 3 aromatic rings. The molecule has 0 aliphatic carbocycles. The van der Waals surface area contributed by atoms with E-state index in [9.17, 15) is 17.6 Å².